The molecule has 0 aromatic heterocycles. The molecule has 0 aromatic rings. The van der Waals surface area contributed by atoms with Crippen LogP contribution in [0.4, 0.5) is 13.2 Å². The minimum absolute atomic E-state index is 0.0435. The lowest BCUT2D eigenvalue weighted by Crippen LogP contribution is -2.40. The van der Waals surface area contributed by atoms with Gasteiger partial charge in [0.15, 0.2) is 12.9 Å². The number of alkyl halides is 3. The molecule has 8 atom stereocenters. The monoisotopic (exact) mass is 607 g/mol. The zero-order chi connectivity index (χ0) is 29.9. The second-order valence-electron chi connectivity index (χ2n) is 10.5. The quantitative estimate of drug-likeness (QED) is 0.104. The third-order valence-electron chi connectivity index (χ3n) is 8.08. The van der Waals surface area contributed by atoms with Crippen molar-refractivity contribution in [2.75, 3.05) is 26.4 Å². The molecule has 0 bridgehead atoms. The molecule has 13 nitrogen and oxygen atoms in total. The van der Waals surface area contributed by atoms with Crippen LogP contribution in [0.1, 0.15) is 25.7 Å². The molecule has 3 aliphatic carbocycles. The lowest BCUT2D eigenvalue weighted by molar-refractivity contribution is -0.626. The van der Waals surface area contributed by atoms with Gasteiger partial charge < -0.3 is 19.7 Å². The van der Waals surface area contributed by atoms with E-state index in [1.165, 1.54) is 0 Å². The summed E-state index contributed by atoms with van der Waals surface area (Å²) in [5.41, 5.74) is 1.28. The van der Waals surface area contributed by atoms with E-state index < -0.39 is 42.9 Å². The molecule has 234 valence electrons. The van der Waals surface area contributed by atoms with Crippen LogP contribution in [0.15, 0.2) is 46.6 Å². The fraction of sp³-hybridized carbons (Fsp3) is 0.654. The number of aliphatic hydroxyl groups is 2. The Morgan fingerprint density at radius 2 is 1.88 bits per heavy atom. The maximum Gasteiger partial charge on any atom is 0.412 e. The molecular formula is C26H32F3NO12. The van der Waals surface area contributed by atoms with Crippen molar-refractivity contribution in [1.29, 1.82) is 0 Å². The Bertz CT molecular complexity index is 1110. The minimum atomic E-state index is -4.39. The highest BCUT2D eigenvalue weighted by molar-refractivity contribution is 5.70. The minimum Gasteiger partial charge on any atom is -0.461 e. The molecule has 0 spiro atoms. The van der Waals surface area contributed by atoms with Crippen molar-refractivity contribution in [1.82, 2.24) is 5.32 Å². The Balaban J connectivity index is 1.10. The number of hydrogen-bond donors (Lipinski definition) is 4. The summed E-state index contributed by atoms with van der Waals surface area (Å²) in [6.07, 6.45) is 1.24. The first-order chi connectivity index (χ1) is 20.2. The number of hydrogen-bond acceptors (Lipinski definition) is 13. The third kappa shape index (κ3) is 7.11. The summed E-state index contributed by atoms with van der Waals surface area (Å²) in [6, 6.07) is -0.272. The normalized spacial score (nSPS) is 34.0. The molecule has 2 saturated heterocycles. The Kier molecular flexibility index (Phi) is 10.1. The Morgan fingerprint density at radius 1 is 1.10 bits per heavy atom. The molecule has 2 heterocycles. The van der Waals surface area contributed by atoms with Gasteiger partial charge in [-0.05, 0) is 58.4 Å². The van der Waals surface area contributed by atoms with Gasteiger partial charge in [0.25, 0.3) is 0 Å². The standard InChI is InChI=1S/C26H32F3NO12/c27-26(28,29)19-4-2-1-3-16(19)22-21-15-6-5-13(9-18(15)24(32)30-23(21)22)17-10-14(39-25(17)33)11-35-20(31)12-38-41-36-7-8-37-42-40-34/h1,3,6,9,13-14,17,21-25,30,32-34H,2,4-5,7-8,10-12H2. The number of rotatable bonds is 13. The van der Waals surface area contributed by atoms with Crippen LogP contribution in [0.5, 0.6) is 0 Å². The lowest BCUT2D eigenvalue weighted by Gasteiger charge is -2.32. The second-order valence-corrected chi connectivity index (χ2v) is 10.5. The van der Waals surface area contributed by atoms with Crippen LogP contribution < -0.4 is 5.32 Å². The topological polar surface area (TPSA) is 164 Å². The summed E-state index contributed by atoms with van der Waals surface area (Å²) in [7, 11) is 0. The molecule has 3 fully saturated rings. The molecule has 5 aliphatic rings. The highest BCUT2D eigenvalue weighted by Crippen LogP contribution is 2.58. The summed E-state index contributed by atoms with van der Waals surface area (Å²) in [5.74, 6) is -1.85. The fourth-order valence-corrected chi connectivity index (χ4v) is 6.28. The number of esters is 1. The van der Waals surface area contributed by atoms with Crippen LogP contribution in [0, 0.1) is 23.7 Å². The van der Waals surface area contributed by atoms with Gasteiger partial charge in [0.05, 0.1) is 6.10 Å². The largest absolute Gasteiger partial charge is 0.461 e. The van der Waals surface area contributed by atoms with Gasteiger partial charge in [-0.25, -0.2) is 19.8 Å². The van der Waals surface area contributed by atoms with Crippen molar-refractivity contribution < 1.29 is 72.7 Å². The summed E-state index contributed by atoms with van der Waals surface area (Å²) < 4.78 is 51.8. The van der Waals surface area contributed by atoms with Gasteiger partial charge in [-0.1, -0.05) is 29.3 Å². The Hall–Kier alpha value is -2.22. The molecule has 0 aromatic carbocycles. The maximum atomic E-state index is 13.7. The van der Waals surface area contributed by atoms with Gasteiger partial charge in [0.2, 0.25) is 0 Å². The Labute approximate surface area is 237 Å². The van der Waals surface area contributed by atoms with Gasteiger partial charge in [-0.3, -0.25) is 5.32 Å². The number of ether oxygens (including phenoxy) is 2. The van der Waals surface area contributed by atoms with Crippen LogP contribution in [-0.4, -0.2) is 78.7 Å². The molecule has 2 aliphatic heterocycles. The number of piperidine rings is 1. The van der Waals surface area contributed by atoms with E-state index in [1.54, 1.807) is 12.2 Å². The average Bonchev–Trinajstić information content (AvgIpc) is 3.56. The number of carbonyl (C=O) groups excluding carboxylic acids is 1. The van der Waals surface area contributed by atoms with Gasteiger partial charge in [0.1, 0.15) is 26.0 Å². The van der Waals surface area contributed by atoms with Crippen molar-refractivity contribution >= 4 is 5.97 Å². The number of nitrogens with one attached hydrogen (secondary N) is 1. The molecule has 4 N–H and O–H groups in total. The zero-order valence-electron chi connectivity index (χ0n) is 22.2. The summed E-state index contributed by atoms with van der Waals surface area (Å²) in [6.45, 7) is -1.09. The summed E-state index contributed by atoms with van der Waals surface area (Å²) in [4.78, 5) is 25.1. The van der Waals surface area contributed by atoms with Crippen LogP contribution in [0.25, 0.3) is 0 Å². The van der Waals surface area contributed by atoms with Crippen molar-refractivity contribution in [3.05, 3.63) is 46.6 Å². The van der Waals surface area contributed by atoms with E-state index in [1.807, 2.05) is 12.2 Å². The van der Waals surface area contributed by atoms with E-state index in [2.05, 4.69) is 35.1 Å². The molecule has 42 heavy (non-hydrogen) atoms. The van der Waals surface area contributed by atoms with Gasteiger partial charge in [-0.15, -0.1) is 0 Å². The summed E-state index contributed by atoms with van der Waals surface area (Å²) in [5, 5.41) is 43.5. The van der Waals surface area contributed by atoms with E-state index >= 15 is 0 Å². The van der Waals surface area contributed by atoms with Crippen molar-refractivity contribution in [3.8, 4) is 0 Å². The van der Waals surface area contributed by atoms with Crippen LogP contribution in [0.2, 0.25) is 0 Å². The van der Waals surface area contributed by atoms with Crippen molar-refractivity contribution in [2.45, 2.75) is 56.5 Å². The fourth-order valence-electron chi connectivity index (χ4n) is 6.28. The van der Waals surface area contributed by atoms with E-state index in [0.717, 1.165) is 5.57 Å². The zero-order valence-corrected chi connectivity index (χ0v) is 22.2. The number of fused-ring (bicyclic) bond motifs is 3. The number of carbonyl (C=O) groups is 1. The summed E-state index contributed by atoms with van der Waals surface area (Å²) >= 11 is 0. The van der Waals surface area contributed by atoms with Crippen molar-refractivity contribution in [2.24, 2.45) is 23.7 Å². The van der Waals surface area contributed by atoms with Crippen molar-refractivity contribution in [3.63, 3.8) is 0 Å². The van der Waals surface area contributed by atoms with E-state index in [9.17, 15) is 28.2 Å². The highest BCUT2D eigenvalue weighted by atomic mass is 19.4. The number of halogens is 3. The molecule has 0 radical (unpaired) electrons. The van der Waals surface area contributed by atoms with E-state index in [4.69, 9.17) is 14.7 Å². The predicted molar refractivity (Wildman–Crippen MR) is 129 cm³/mol. The molecule has 5 rings (SSSR count). The van der Waals surface area contributed by atoms with Gasteiger partial charge in [-0.2, -0.15) is 18.1 Å². The first-order valence-corrected chi connectivity index (χ1v) is 13.5. The SMILES string of the molecule is O=C(COOOCCOOOO)OCC1CC(C2C=C3C(=CC2)C2C(NC3O)C2C2=C(C(F)(F)F)CCC=C2)C(O)O1. The first-order valence-electron chi connectivity index (χ1n) is 13.5. The number of allylic oxidation sites excluding steroid dienone is 5. The van der Waals surface area contributed by atoms with Crippen LogP contribution >= 0.6 is 0 Å². The van der Waals surface area contributed by atoms with E-state index in [0.29, 0.717) is 30.4 Å². The lowest BCUT2D eigenvalue weighted by atomic mass is 9.78. The van der Waals surface area contributed by atoms with Crippen LogP contribution in [-0.2, 0) is 44.0 Å². The highest BCUT2D eigenvalue weighted by Gasteiger charge is 2.60. The van der Waals surface area contributed by atoms with E-state index in [-0.39, 0.29) is 56.0 Å². The molecule has 8 unspecified atom stereocenters. The number of aliphatic hydroxyl groups excluding tert-OH is 2. The van der Waals surface area contributed by atoms with Gasteiger partial charge >= 0.3 is 12.1 Å². The molecular weight excluding hydrogens is 575 g/mol. The average molecular weight is 608 g/mol. The third-order valence-corrected chi connectivity index (χ3v) is 8.08. The predicted octanol–water partition coefficient (Wildman–Crippen LogP) is 2.10. The molecule has 16 heteroatoms. The molecule has 0 amide bonds. The molecule has 1 saturated carbocycles. The Morgan fingerprint density at radius 3 is 2.64 bits per heavy atom. The smallest absolute Gasteiger partial charge is 0.412 e. The van der Waals surface area contributed by atoms with Gasteiger partial charge in [0, 0.05) is 29.4 Å². The maximum absolute atomic E-state index is 13.7. The second kappa shape index (κ2) is 13.6. The van der Waals surface area contributed by atoms with Crippen LogP contribution in [0.3, 0.4) is 0 Å². The first kappa shape index (κ1) is 31.2.